The molecule has 0 spiro atoms. The average Bonchev–Trinajstić information content (AvgIpc) is 2.69. The summed E-state index contributed by atoms with van der Waals surface area (Å²) in [5.74, 6) is 0. The van der Waals surface area contributed by atoms with Crippen LogP contribution in [-0.4, -0.2) is 18.2 Å². The molecule has 0 aliphatic carbocycles. The molecule has 19 heavy (non-hydrogen) atoms. The molecule has 2 N–H and O–H groups in total. The van der Waals surface area contributed by atoms with Crippen molar-refractivity contribution in [1.82, 2.24) is 0 Å². The van der Waals surface area contributed by atoms with Crippen molar-refractivity contribution in [2.24, 2.45) is 5.73 Å². The van der Waals surface area contributed by atoms with E-state index in [2.05, 4.69) is 6.07 Å². The maximum atomic E-state index is 12.1. The number of benzene rings is 1. The first-order valence-electron chi connectivity index (χ1n) is 6.23. The van der Waals surface area contributed by atoms with Gasteiger partial charge in [-0.3, -0.25) is 4.90 Å². The number of carbonyl (C=O) groups is 1. The van der Waals surface area contributed by atoms with Crippen molar-refractivity contribution in [3.63, 3.8) is 0 Å². The minimum absolute atomic E-state index is 0. The van der Waals surface area contributed by atoms with Crippen molar-refractivity contribution >= 4 is 24.2 Å². The zero-order valence-electron chi connectivity index (χ0n) is 11.6. The van der Waals surface area contributed by atoms with Gasteiger partial charge in [0.1, 0.15) is 5.60 Å². The molecule has 0 saturated heterocycles. The van der Waals surface area contributed by atoms with Crippen LogP contribution in [0.2, 0.25) is 0 Å². The normalized spacial score (nSPS) is 13.8. The van der Waals surface area contributed by atoms with E-state index in [9.17, 15) is 4.79 Å². The molecule has 1 aliphatic rings. The largest absolute Gasteiger partial charge is 0.443 e. The number of nitrogens with zero attached hydrogens (tertiary/aromatic N) is 1. The van der Waals surface area contributed by atoms with Crippen LogP contribution in [0.3, 0.4) is 0 Å². The van der Waals surface area contributed by atoms with Gasteiger partial charge in [0, 0.05) is 13.1 Å². The van der Waals surface area contributed by atoms with E-state index in [0.717, 1.165) is 17.7 Å². The number of amides is 1. The third-order valence-electron chi connectivity index (χ3n) is 2.89. The summed E-state index contributed by atoms with van der Waals surface area (Å²) in [7, 11) is 0. The summed E-state index contributed by atoms with van der Waals surface area (Å²) in [4.78, 5) is 13.8. The molecule has 0 aromatic heterocycles. The molecule has 0 bridgehead atoms. The number of nitrogens with two attached hydrogens (primary N) is 1. The van der Waals surface area contributed by atoms with Crippen molar-refractivity contribution in [2.75, 3.05) is 11.4 Å². The van der Waals surface area contributed by atoms with Crippen LogP contribution < -0.4 is 10.6 Å². The Morgan fingerprint density at radius 2 is 2.11 bits per heavy atom. The predicted octanol–water partition coefficient (Wildman–Crippen LogP) is 2.86. The molecule has 106 valence electrons. The van der Waals surface area contributed by atoms with Crippen molar-refractivity contribution in [3.05, 3.63) is 29.3 Å². The smallest absolute Gasteiger partial charge is 0.414 e. The molecular weight excluding hydrogens is 264 g/mol. The minimum Gasteiger partial charge on any atom is -0.443 e. The summed E-state index contributed by atoms with van der Waals surface area (Å²) in [6, 6.07) is 5.98. The fourth-order valence-corrected chi connectivity index (χ4v) is 2.09. The van der Waals surface area contributed by atoms with Crippen LogP contribution in [0.1, 0.15) is 31.9 Å². The lowest BCUT2D eigenvalue weighted by Gasteiger charge is -2.24. The summed E-state index contributed by atoms with van der Waals surface area (Å²) < 4.78 is 5.40. The maximum absolute atomic E-state index is 12.1. The highest BCUT2D eigenvalue weighted by Crippen LogP contribution is 2.30. The molecule has 1 amide bonds. The van der Waals surface area contributed by atoms with Gasteiger partial charge < -0.3 is 10.5 Å². The summed E-state index contributed by atoms with van der Waals surface area (Å²) in [5.41, 5.74) is 8.37. The standard InChI is InChI=1S/C14H20N2O2.ClH/c1-14(2,3)18-13(17)16-7-6-11-8-10(9-15)4-5-12(11)16;/h4-5,8H,6-7,9,15H2,1-3H3;1H. The van der Waals surface area contributed by atoms with Crippen molar-refractivity contribution in [2.45, 2.75) is 39.3 Å². The molecule has 4 nitrogen and oxygen atoms in total. The van der Waals surface area contributed by atoms with E-state index in [4.69, 9.17) is 10.5 Å². The van der Waals surface area contributed by atoms with Gasteiger partial charge in [0.2, 0.25) is 0 Å². The third-order valence-corrected chi connectivity index (χ3v) is 2.89. The monoisotopic (exact) mass is 284 g/mol. The number of rotatable bonds is 1. The van der Waals surface area contributed by atoms with E-state index in [-0.39, 0.29) is 18.5 Å². The fraction of sp³-hybridized carbons (Fsp3) is 0.500. The quantitative estimate of drug-likeness (QED) is 0.863. The van der Waals surface area contributed by atoms with Crippen LogP contribution >= 0.6 is 12.4 Å². The van der Waals surface area contributed by atoms with Gasteiger partial charge in [0.05, 0.1) is 5.69 Å². The maximum Gasteiger partial charge on any atom is 0.414 e. The van der Waals surface area contributed by atoms with Crippen LogP contribution in [0.5, 0.6) is 0 Å². The second-order valence-electron chi connectivity index (χ2n) is 5.55. The molecular formula is C14H21ClN2O2. The zero-order chi connectivity index (χ0) is 13.3. The molecule has 2 rings (SSSR count). The van der Waals surface area contributed by atoms with Crippen LogP contribution in [0, 0.1) is 0 Å². The number of hydrogen-bond acceptors (Lipinski definition) is 3. The van der Waals surface area contributed by atoms with Crippen LogP contribution in [0.4, 0.5) is 10.5 Å². The van der Waals surface area contributed by atoms with Gasteiger partial charge in [-0.2, -0.15) is 0 Å². The van der Waals surface area contributed by atoms with E-state index >= 15 is 0 Å². The molecule has 1 aromatic rings. The Kier molecular flexibility index (Phi) is 4.82. The lowest BCUT2D eigenvalue weighted by Crippen LogP contribution is -2.35. The first kappa shape index (κ1) is 15.8. The van der Waals surface area contributed by atoms with Crippen molar-refractivity contribution in [3.8, 4) is 0 Å². The van der Waals surface area contributed by atoms with Crippen molar-refractivity contribution < 1.29 is 9.53 Å². The molecule has 0 atom stereocenters. The second kappa shape index (κ2) is 5.80. The number of hydrogen-bond donors (Lipinski definition) is 1. The summed E-state index contributed by atoms with van der Waals surface area (Å²) in [6.07, 6.45) is 0.587. The predicted molar refractivity (Wildman–Crippen MR) is 78.9 cm³/mol. The Balaban J connectivity index is 0.00000180. The number of fused-ring (bicyclic) bond motifs is 1. The lowest BCUT2D eigenvalue weighted by molar-refractivity contribution is 0.0584. The van der Waals surface area contributed by atoms with Gasteiger partial charge in [0.15, 0.2) is 0 Å². The molecule has 0 saturated carbocycles. The molecule has 1 aromatic carbocycles. The highest BCUT2D eigenvalue weighted by molar-refractivity contribution is 5.90. The van der Waals surface area contributed by atoms with Gasteiger partial charge >= 0.3 is 6.09 Å². The minimum atomic E-state index is -0.461. The Morgan fingerprint density at radius 3 is 2.68 bits per heavy atom. The lowest BCUT2D eigenvalue weighted by atomic mass is 10.1. The molecule has 0 fully saturated rings. The molecule has 0 unspecified atom stereocenters. The summed E-state index contributed by atoms with van der Waals surface area (Å²) in [5, 5.41) is 0. The van der Waals surface area contributed by atoms with E-state index in [1.165, 1.54) is 5.56 Å². The first-order valence-corrected chi connectivity index (χ1v) is 6.23. The molecule has 1 aliphatic heterocycles. The summed E-state index contributed by atoms with van der Waals surface area (Å²) in [6.45, 7) is 6.83. The van der Waals surface area contributed by atoms with Crippen LogP contribution in [0.25, 0.3) is 0 Å². The molecule has 1 heterocycles. The molecule has 5 heteroatoms. The number of carbonyl (C=O) groups excluding carboxylic acids is 1. The Morgan fingerprint density at radius 1 is 1.42 bits per heavy atom. The Hall–Kier alpha value is -1.26. The highest BCUT2D eigenvalue weighted by atomic mass is 35.5. The topological polar surface area (TPSA) is 55.6 Å². The van der Waals surface area contributed by atoms with Crippen LogP contribution in [0.15, 0.2) is 18.2 Å². The zero-order valence-corrected chi connectivity index (χ0v) is 12.4. The third kappa shape index (κ3) is 3.61. The highest BCUT2D eigenvalue weighted by Gasteiger charge is 2.28. The second-order valence-corrected chi connectivity index (χ2v) is 5.55. The number of anilines is 1. The van der Waals surface area contributed by atoms with Crippen LogP contribution in [-0.2, 0) is 17.7 Å². The van der Waals surface area contributed by atoms with E-state index in [0.29, 0.717) is 13.1 Å². The van der Waals surface area contributed by atoms with E-state index < -0.39 is 5.60 Å². The SMILES string of the molecule is CC(C)(C)OC(=O)N1CCc2cc(CN)ccc21.Cl. The van der Waals surface area contributed by atoms with Gasteiger partial charge in [0.25, 0.3) is 0 Å². The van der Waals surface area contributed by atoms with Gasteiger partial charge in [-0.1, -0.05) is 12.1 Å². The number of halogens is 1. The first-order chi connectivity index (χ1) is 8.40. The van der Waals surface area contributed by atoms with Crippen molar-refractivity contribution in [1.29, 1.82) is 0 Å². The number of ether oxygens (including phenoxy) is 1. The van der Waals surface area contributed by atoms with E-state index in [1.54, 1.807) is 4.90 Å². The Labute approximate surface area is 120 Å². The van der Waals surface area contributed by atoms with Gasteiger partial charge in [-0.25, -0.2) is 4.79 Å². The van der Waals surface area contributed by atoms with Gasteiger partial charge in [-0.15, -0.1) is 12.4 Å². The molecule has 0 radical (unpaired) electrons. The average molecular weight is 285 g/mol. The fourth-order valence-electron chi connectivity index (χ4n) is 2.09. The van der Waals surface area contributed by atoms with E-state index in [1.807, 2.05) is 32.9 Å². The Bertz CT molecular complexity index is 469. The van der Waals surface area contributed by atoms with Gasteiger partial charge in [-0.05, 0) is 44.4 Å². The summed E-state index contributed by atoms with van der Waals surface area (Å²) >= 11 is 0.